The number of amides is 1. The fourth-order valence-corrected chi connectivity index (χ4v) is 3.85. The molecule has 3 rings (SSSR count). The molecule has 158 valence electrons. The van der Waals surface area contributed by atoms with Crippen molar-refractivity contribution in [2.45, 2.75) is 12.8 Å². The van der Waals surface area contributed by atoms with Gasteiger partial charge in [0.05, 0.1) is 5.69 Å². The van der Waals surface area contributed by atoms with Crippen molar-refractivity contribution in [3.63, 3.8) is 0 Å². The number of hydrogen-bond donors (Lipinski definition) is 1. The van der Waals surface area contributed by atoms with E-state index >= 15 is 0 Å². The van der Waals surface area contributed by atoms with Crippen LogP contribution in [0.3, 0.4) is 0 Å². The van der Waals surface area contributed by atoms with Crippen molar-refractivity contribution in [2.24, 2.45) is 0 Å². The first-order chi connectivity index (χ1) is 14.5. The molecule has 1 aliphatic heterocycles. The van der Waals surface area contributed by atoms with Crippen LogP contribution in [-0.2, 0) is 0 Å². The first-order valence-corrected chi connectivity index (χ1v) is 10.4. The molecule has 7 nitrogen and oxygen atoms in total. The van der Waals surface area contributed by atoms with Crippen LogP contribution >= 0.6 is 11.6 Å². The molecule has 30 heavy (non-hydrogen) atoms. The van der Waals surface area contributed by atoms with Crippen molar-refractivity contribution in [1.29, 1.82) is 5.26 Å². The Labute approximate surface area is 182 Å². The summed E-state index contributed by atoms with van der Waals surface area (Å²) in [5.74, 6) is -0.0457. The summed E-state index contributed by atoms with van der Waals surface area (Å²) in [6.07, 6.45) is 3.14. The minimum Gasteiger partial charge on any atom is -0.396 e. The molecule has 2 heterocycles. The average Bonchev–Trinajstić information content (AvgIpc) is 3.03. The number of aliphatic hydroxyl groups excluding tert-OH is 1. The predicted octanol–water partition coefficient (Wildman–Crippen LogP) is 2.78. The van der Waals surface area contributed by atoms with Crippen molar-refractivity contribution in [3.8, 4) is 6.07 Å². The molecule has 0 radical (unpaired) electrons. The van der Waals surface area contributed by atoms with Crippen molar-refractivity contribution in [2.75, 3.05) is 56.2 Å². The van der Waals surface area contributed by atoms with Crippen LogP contribution in [0.2, 0.25) is 5.15 Å². The first kappa shape index (κ1) is 21.9. The van der Waals surface area contributed by atoms with Gasteiger partial charge in [0.15, 0.2) is 0 Å². The molecule has 0 atom stereocenters. The molecule has 1 aliphatic rings. The number of anilines is 2. The number of aliphatic hydroxyl groups is 1. The van der Waals surface area contributed by atoms with Crippen LogP contribution < -0.4 is 9.80 Å². The molecule has 8 heteroatoms. The molecule has 0 bridgehead atoms. The second kappa shape index (κ2) is 10.3. The SMILES string of the molecule is CN(CCCO)C(=O)c1ccc(N2CCCN(c3ccnc(Cl)c3C#N)CC2)cc1. The van der Waals surface area contributed by atoms with Gasteiger partial charge in [-0.1, -0.05) is 11.6 Å². The normalized spacial score (nSPS) is 14.2. The fourth-order valence-electron chi connectivity index (χ4n) is 3.65. The Morgan fingerprint density at radius 3 is 2.60 bits per heavy atom. The van der Waals surface area contributed by atoms with Crippen LogP contribution in [-0.4, -0.2) is 67.3 Å². The summed E-state index contributed by atoms with van der Waals surface area (Å²) in [5.41, 5.74) is 2.95. The molecule has 0 unspecified atom stereocenters. The van der Waals surface area contributed by atoms with E-state index < -0.39 is 0 Å². The van der Waals surface area contributed by atoms with Crippen LogP contribution in [0.15, 0.2) is 36.5 Å². The molecule has 0 saturated carbocycles. The number of pyridine rings is 1. The molecular weight excluding hydrogens is 402 g/mol. The van der Waals surface area contributed by atoms with Crippen LogP contribution in [0, 0.1) is 11.3 Å². The number of carbonyl (C=O) groups excluding carboxylic acids is 1. The maximum absolute atomic E-state index is 12.5. The lowest BCUT2D eigenvalue weighted by molar-refractivity contribution is 0.0786. The smallest absolute Gasteiger partial charge is 0.253 e. The molecule has 1 aromatic carbocycles. The van der Waals surface area contributed by atoms with E-state index in [1.54, 1.807) is 18.1 Å². The number of nitrogens with zero attached hydrogens (tertiary/aromatic N) is 5. The summed E-state index contributed by atoms with van der Waals surface area (Å²) in [6, 6.07) is 11.7. The molecular formula is C22H26ClN5O2. The Balaban J connectivity index is 1.67. The Bertz CT molecular complexity index is 913. The van der Waals surface area contributed by atoms with Gasteiger partial charge in [0.1, 0.15) is 16.8 Å². The zero-order valence-corrected chi connectivity index (χ0v) is 17.8. The predicted molar refractivity (Wildman–Crippen MR) is 118 cm³/mol. The van der Waals surface area contributed by atoms with Gasteiger partial charge >= 0.3 is 0 Å². The zero-order chi connectivity index (χ0) is 21.5. The second-order valence-corrected chi connectivity index (χ2v) is 7.64. The minimum atomic E-state index is -0.0457. The van der Waals surface area contributed by atoms with E-state index in [1.165, 1.54) is 0 Å². The van der Waals surface area contributed by atoms with Gasteiger partial charge in [0, 0.05) is 63.8 Å². The summed E-state index contributed by atoms with van der Waals surface area (Å²) in [6.45, 7) is 3.89. The lowest BCUT2D eigenvalue weighted by Crippen LogP contribution is -2.31. The number of benzene rings is 1. The molecule has 0 aliphatic carbocycles. The van der Waals surface area contributed by atoms with Crippen LogP contribution in [0.4, 0.5) is 11.4 Å². The monoisotopic (exact) mass is 427 g/mol. The van der Waals surface area contributed by atoms with Gasteiger partial charge in [0.25, 0.3) is 5.91 Å². The highest BCUT2D eigenvalue weighted by atomic mass is 35.5. The van der Waals surface area contributed by atoms with E-state index in [0.29, 0.717) is 24.1 Å². The maximum Gasteiger partial charge on any atom is 0.253 e. The number of nitriles is 1. The number of rotatable bonds is 6. The number of hydrogen-bond acceptors (Lipinski definition) is 6. The van der Waals surface area contributed by atoms with Crippen molar-refractivity contribution < 1.29 is 9.90 Å². The highest BCUT2D eigenvalue weighted by Crippen LogP contribution is 2.27. The third kappa shape index (κ3) is 5.02. The second-order valence-electron chi connectivity index (χ2n) is 7.29. The number of carbonyl (C=O) groups is 1. The largest absolute Gasteiger partial charge is 0.396 e. The van der Waals surface area contributed by atoms with E-state index in [9.17, 15) is 10.1 Å². The Kier molecular flexibility index (Phi) is 7.50. The van der Waals surface area contributed by atoms with E-state index in [-0.39, 0.29) is 17.7 Å². The quantitative estimate of drug-likeness (QED) is 0.713. The fraction of sp³-hybridized carbons (Fsp3) is 0.409. The molecule has 1 amide bonds. The summed E-state index contributed by atoms with van der Waals surface area (Å²) < 4.78 is 0. The van der Waals surface area contributed by atoms with Gasteiger partial charge in [0.2, 0.25) is 0 Å². The van der Waals surface area contributed by atoms with Crippen molar-refractivity contribution >= 4 is 28.9 Å². The highest BCUT2D eigenvalue weighted by molar-refractivity contribution is 6.30. The third-order valence-electron chi connectivity index (χ3n) is 5.31. The number of aromatic nitrogens is 1. The van der Waals surface area contributed by atoms with E-state index in [2.05, 4.69) is 20.9 Å². The Hall–Kier alpha value is -2.82. The van der Waals surface area contributed by atoms with Gasteiger partial charge in [-0.15, -0.1) is 0 Å². The first-order valence-electron chi connectivity index (χ1n) is 10.1. The molecule has 1 saturated heterocycles. The van der Waals surface area contributed by atoms with E-state index in [4.69, 9.17) is 16.7 Å². The van der Waals surface area contributed by atoms with Crippen molar-refractivity contribution in [1.82, 2.24) is 9.88 Å². The van der Waals surface area contributed by atoms with Gasteiger partial charge in [-0.25, -0.2) is 4.98 Å². The summed E-state index contributed by atoms with van der Waals surface area (Å²) in [4.78, 5) is 22.6. The maximum atomic E-state index is 12.5. The van der Waals surface area contributed by atoms with E-state index in [1.807, 2.05) is 30.3 Å². The lowest BCUT2D eigenvalue weighted by Gasteiger charge is -2.25. The standard InChI is InChI=1S/C22H26ClN5O2/c1-26(10-3-15-29)22(30)17-4-6-18(7-5-17)27-11-2-12-28(14-13-27)20-8-9-25-21(23)19(20)16-24/h4-9,29H,2-3,10-15H2,1H3. The van der Waals surface area contributed by atoms with Crippen LogP contribution in [0.1, 0.15) is 28.8 Å². The Morgan fingerprint density at radius 2 is 1.90 bits per heavy atom. The minimum absolute atomic E-state index is 0.0457. The van der Waals surface area contributed by atoms with Gasteiger partial charge in [-0.2, -0.15) is 5.26 Å². The van der Waals surface area contributed by atoms with Gasteiger partial charge < -0.3 is 19.8 Å². The third-order valence-corrected chi connectivity index (χ3v) is 5.60. The molecule has 1 fully saturated rings. The highest BCUT2D eigenvalue weighted by Gasteiger charge is 2.20. The molecule has 2 aromatic rings. The Morgan fingerprint density at radius 1 is 1.20 bits per heavy atom. The van der Waals surface area contributed by atoms with Gasteiger partial charge in [-0.05, 0) is 43.2 Å². The summed E-state index contributed by atoms with van der Waals surface area (Å²) in [7, 11) is 1.75. The van der Waals surface area contributed by atoms with Gasteiger partial charge in [-0.3, -0.25) is 4.79 Å². The molecule has 1 N–H and O–H groups in total. The lowest BCUT2D eigenvalue weighted by atomic mass is 10.1. The summed E-state index contributed by atoms with van der Waals surface area (Å²) >= 11 is 6.09. The summed E-state index contributed by atoms with van der Waals surface area (Å²) in [5, 5.41) is 18.6. The molecule has 0 spiro atoms. The van der Waals surface area contributed by atoms with Crippen LogP contribution in [0.5, 0.6) is 0 Å². The topological polar surface area (TPSA) is 83.7 Å². The van der Waals surface area contributed by atoms with Crippen molar-refractivity contribution in [3.05, 3.63) is 52.8 Å². The zero-order valence-electron chi connectivity index (χ0n) is 17.1. The van der Waals surface area contributed by atoms with Crippen LogP contribution in [0.25, 0.3) is 0 Å². The molecule has 1 aromatic heterocycles. The number of halogens is 1. The average molecular weight is 428 g/mol. The van der Waals surface area contributed by atoms with E-state index in [0.717, 1.165) is 44.0 Å².